The number of hydrogen-bond acceptors (Lipinski definition) is 7. The number of esters is 1. The van der Waals surface area contributed by atoms with Crippen LogP contribution in [0.4, 0.5) is 11.7 Å². The molecular weight excluding hydrogens is 254 g/mol. The quantitative estimate of drug-likeness (QED) is 0.498. The Bertz CT molecular complexity index is 622. The van der Waals surface area contributed by atoms with E-state index in [1.54, 1.807) is 6.92 Å². The SMILES string of the molecule is CCOC(=O)CNc1nc2cc([N+](=O)[O-])ccc2o1. The van der Waals surface area contributed by atoms with Gasteiger partial charge in [-0.25, -0.2) is 0 Å². The van der Waals surface area contributed by atoms with Gasteiger partial charge in [0.2, 0.25) is 0 Å². The summed E-state index contributed by atoms with van der Waals surface area (Å²) in [4.78, 5) is 25.2. The Morgan fingerprint density at radius 2 is 2.37 bits per heavy atom. The average Bonchev–Trinajstić information content (AvgIpc) is 2.78. The third-order valence-corrected chi connectivity index (χ3v) is 2.27. The molecule has 0 radical (unpaired) electrons. The number of hydrogen-bond donors (Lipinski definition) is 1. The van der Waals surface area contributed by atoms with Gasteiger partial charge >= 0.3 is 5.97 Å². The minimum absolute atomic E-state index is 0.0715. The molecule has 0 aliphatic heterocycles. The number of fused-ring (bicyclic) bond motifs is 1. The van der Waals surface area contributed by atoms with Gasteiger partial charge in [-0.15, -0.1) is 0 Å². The molecule has 0 aliphatic carbocycles. The van der Waals surface area contributed by atoms with Gasteiger partial charge in [0, 0.05) is 12.1 Å². The van der Waals surface area contributed by atoms with Gasteiger partial charge in [-0.05, 0) is 13.0 Å². The summed E-state index contributed by atoms with van der Waals surface area (Å²) in [5.41, 5.74) is 0.676. The lowest BCUT2D eigenvalue weighted by molar-refractivity contribution is -0.384. The van der Waals surface area contributed by atoms with Crippen LogP contribution < -0.4 is 5.32 Å². The molecule has 0 spiro atoms. The van der Waals surface area contributed by atoms with Crippen molar-refractivity contribution in [2.75, 3.05) is 18.5 Å². The Morgan fingerprint density at radius 1 is 1.58 bits per heavy atom. The molecule has 0 unspecified atom stereocenters. The molecule has 0 saturated heterocycles. The second kappa shape index (κ2) is 5.34. The molecule has 1 heterocycles. The molecule has 19 heavy (non-hydrogen) atoms. The number of ether oxygens (including phenoxy) is 1. The number of aromatic nitrogens is 1. The van der Waals surface area contributed by atoms with E-state index >= 15 is 0 Å². The molecule has 2 rings (SSSR count). The number of benzene rings is 1. The van der Waals surface area contributed by atoms with E-state index in [0.29, 0.717) is 17.7 Å². The van der Waals surface area contributed by atoms with Gasteiger partial charge in [0.25, 0.3) is 11.7 Å². The summed E-state index contributed by atoms with van der Waals surface area (Å²) in [7, 11) is 0. The Balaban J connectivity index is 2.13. The number of nitro benzene ring substituents is 1. The standard InChI is InChI=1S/C11H11N3O5/c1-2-18-10(15)6-12-11-13-8-5-7(14(16)17)3-4-9(8)19-11/h3-5H,2,6H2,1H3,(H,12,13). The number of nitrogens with one attached hydrogen (secondary N) is 1. The van der Waals surface area contributed by atoms with E-state index in [0.717, 1.165) is 0 Å². The number of nitrogens with zero attached hydrogens (tertiary/aromatic N) is 2. The molecule has 0 bridgehead atoms. The maximum absolute atomic E-state index is 11.1. The van der Waals surface area contributed by atoms with E-state index in [4.69, 9.17) is 9.15 Å². The number of anilines is 1. The highest BCUT2D eigenvalue weighted by molar-refractivity contribution is 5.78. The van der Waals surface area contributed by atoms with Crippen LogP contribution in [-0.2, 0) is 9.53 Å². The highest BCUT2D eigenvalue weighted by Gasteiger charge is 2.12. The number of oxazole rings is 1. The average molecular weight is 265 g/mol. The van der Waals surface area contributed by atoms with Crippen molar-refractivity contribution in [1.29, 1.82) is 0 Å². The highest BCUT2D eigenvalue weighted by atomic mass is 16.6. The highest BCUT2D eigenvalue weighted by Crippen LogP contribution is 2.23. The number of rotatable bonds is 5. The minimum Gasteiger partial charge on any atom is -0.465 e. The summed E-state index contributed by atoms with van der Waals surface area (Å²) in [5.74, 6) is -0.435. The van der Waals surface area contributed by atoms with Gasteiger partial charge in [0.05, 0.1) is 11.5 Å². The van der Waals surface area contributed by atoms with Crippen molar-refractivity contribution in [3.05, 3.63) is 28.3 Å². The number of carbonyl (C=O) groups excluding carboxylic acids is 1. The molecular formula is C11H11N3O5. The normalized spacial score (nSPS) is 10.4. The molecule has 1 N–H and O–H groups in total. The first-order valence-electron chi connectivity index (χ1n) is 5.54. The maximum Gasteiger partial charge on any atom is 0.325 e. The van der Waals surface area contributed by atoms with Gasteiger partial charge in [-0.1, -0.05) is 0 Å². The summed E-state index contributed by atoms with van der Waals surface area (Å²) in [6.07, 6.45) is 0. The van der Waals surface area contributed by atoms with Gasteiger partial charge < -0.3 is 14.5 Å². The minimum atomic E-state index is -0.514. The second-order valence-electron chi connectivity index (χ2n) is 3.59. The topological polar surface area (TPSA) is 108 Å². The van der Waals surface area contributed by atoms with E-state index in [-0.39, 0.29) is 18.2 Å². The van der Waals surface area contributed by atoms with Gasteiger partial charge in [-0.3, -0.25) is 14.9 Å². The summed E-state index contributed by atoms with van der Waals surface area (Å²) in [5, 5.41) is 13.3. The van der Waals surface area contributed by atoms with Crippen LogP contribution >= 0.6 is 0 Å². The molecule has 0 fully saturated rings. The van der Waals surface area contributed by atoms with E-state index in [9.17, 15) is 14.9 Å². The molecule has 0 aliphatic rings. The first-order chi connectivity index (χ1) is 9.10. The fraction of sp³-hybridized carbons (Fsp3) is 0.273. The van der Waals surface area contributed by atoms with Crippen LogP contribution in [0.15, 0.2) is 22.6 Å². The van der Waals surface area contributed by atoms with Crippen LogP contribution in [0.1, 0.15) is 6.92 Å². The van der Waals surface area contributed by atoms with E-state index < -0.39 is 10.9 Å². The fourth-order valence-electron chi connectivity index (χ4n) is 1.46. The van der Waals surface area contributed by atoms with Crippen molar-refractivity contribution >= 4 is 28.8 Å². The zero-order valence-electron chi connectivity index (χ0n) is 10.1. The monoisotopic (exact) mass is 265 g/mol. The smallest absolute Gasteiger partial charge is 0.325 e. The molecule has 1 aromatic heterocycles. The molecule has 8 heteroatoms. The second-order valence-corrected chi connectivity index (χ2v) is 3.59. The van der Waals surface area contributed by atoms with Crippen LogP contribution in [0.5, 0.6) is 0 Å². The van der Waals surface area contributed by atoms with E-state index in [2.05, 4.69) is 10.3 Å². The molecule has 0 amide bonds. The predicted octanol–water partition coefficient (Wildman–Crippen LogP) is 1.71. The van der Waals surface area contributed by atoms with Crippen molar-refractivity contribution in [2.45, 2.75) is 6.92 Å². The molecule has 0 saturated carbocycles. The molecule has 8 nitrogen and oxygen atoms in total. The number of non-ortho nitro benzene ring substituents is 1. The van der Waals surface area contributed by atoms with Gasteiger partial charge in [-0.2, -0.15) is 4.98 Å². The first kappa shape index (κ1) is 12.8. The fourth-order valence-corrected chi connectivity index (χ4v) is 1.46. The number of nitro groups is 1. The third kappa shape index (κ3) is 2.97. The Kier molecular flexibility index (Phi) is 3.60. The Labute approximate surface area is 107 Å². The predicted molar refractivity (Wildman–Crippen MR) is 65.8 cm³/mol. The van der Waals surface area contributed by atoms with Crippen molar-refractivity contribution in [1.82, 2.24) is 4.98 Å². The lowest BCUT2D eigenvalue weighted by Crippen LogP contribution is -2.16. The van der Waals surface area contributed by atoms with Crippen molar-refractivity contribution in [2.24, 2.45) is 0 Å². The summed E-state index contributed by atoms with van der Waals surface area (Å²) >= 11 is 0. The van der Waals surface area contributed by atoms with E-state index in [1.165, 1.54) is 18.2 Å². The summed E-state index contributed by atoms with van der Waals surface area (Å²) in [6, 6.07) is 4.19. The molecule has 2 aromatic rings. The van der Waals surface area contributed by atoms with Crippen molar-refractivity contribution in [3.8, 4) is 0 Å². The molecule has 0 atom stereocenters. The lowest BCUT2D eigenvalue weighted by atomic mass is 10.3. The summed E-state index contributed by atoms with van der Waals surface area (Å²) in [6.45, 7) is 1.92. The largest absolute Gasteiger partial charge is 0.465 e. The maximum atomic E-state index is 11.1. The summed E-state index contributed by atoms with van der Waals surface area (Å²) < 4.78 is 10.0. The Morgan fingerprint density at radius 3 is 3.05 bits per heavy atom. The van der Waals surface area contributed by atoms with Crippen molar-refractivity contribution < 1.29 is 18.9 Å². The van der Waals surface area contributed by atoms with Crippen LogP contribution in [0.25, 0.3) is 11.1 Å². The zero-order valence-corrected chi connectivity index (χ0v) is 10.1. The van der Waals surface area contributed by atoms with Crippen LogP contribution in [-0.4, -0.2) is 29.0 Å². The third-order valence-electron chi connectivity index (χ3n) is 2.27. The van der Waals surface area contributed by atoms with Crippen LogP contribution in [0, 0.1) is 10.1 Å². The first-order valence-corrected chi connectivity index (χ1v) is 5.54. The lowest BCUT2D eigenvalue weighted by Gasteiger charge is -2.00. The number of carbonyl (C=O) groups is 1. The Hall–Kier alpha value is -2.64. The van der Waals surface area contributed by atoms with E-state index in [1.807, 2.05) is 0 Å². The zero-order chi connectivity index (χ0) is 13.8. The molecule has 100 valence electrons. The van der Waals surface area contributed by atoms with Gasteiger partial charge in [0.1, 0.15) is 12.1 Å². The van der Waals surface area contributed by atoms with Gasteiger partial charge in [0.15, 0.2) is 5.58 Å². The van der Waals surface area contributed by atoms with Crippen molar-refractivity contribution in [3.63, 3.8) is 0 Å². The van der Waals surface area contributed by atoms with Crippen LogP contribution in [0.3, 0.4) is 0 Å². The molecule has 1 aromatic carbocycles. The van der Waals surface area contributed by atoms with Crippen LogP contribution in [0.2, 0.25) is 0 Å².